The van der Waals surface area contributed by atoms with E-state index in [0.717, 1.165) is 45.6 Å². The Bertz CT molecular complexity index is 744. The maximum absolute atomic E-state index is 11.5. The van der Waals surface area contributed by atoms with Gasteiger partial charge in [0.05, 0.1) is 5.92 Å². The number of piperidine rings is 1. The van der Waals surface area contributed by atoms with Crippen LogP contribution in [0.5, 0.6) is 0 Å². The van der Waals surface area contributed by atoms with E-state index in [-0.39, 0.29) is 11.8 Å². The molecule has 1 aliphatic heterocycles. The van der Waals surface area contributed by atoms with Crippen LogP contribution in [0.3, 0.4) is 0 Å². The van der Waals surface area contributed by atoms with Crippen LogP contribution in [0.1, 0.15) is 35.1 Å². The molecule has 2 aromatic rings. The van der Waals surface area contributed by atoms with Gasteiger partial charge in [-0.25, -0.2) is 0 Å². The molecular formula is C22H29N3O. The van der Waals surface area contributed by atoms with Crippen LogP contribution in [0, 0.1) is 12.8 Å². The Morgan fingerprint density at radius 2 is 1.96 bits per heavy atom. The van der Waals surface area contributed by atoms with E-state index < -0.39 is 0 Å². The number of likely N-dealkylation sites (tertiary alicyclic amines) is 1. The van der Waals surface area contributed by atoms with Gasteiger partial charge in [0.15, 0.2) is 0 Å². The third-order valence-corrected chi connectivity index (χ3v) is 5.21. The van der Waals surface area contributed by atoms with Crippen molar-refractivity contribution < 1.29 is 4.79 Å². The van der Waals surface area contributed by atoms with Gasteiger partial charge in [-0.3, -0.25) is 9.69 Å². The van der Waals surface area contributed by atoms with Gasteiger partial charge in [0.25, 0.3) is 0 Å². The van der Waals surface area contributed by atoms with Crippen molar-refractivity contribution in [3.05, 3.63) is 70.8 Å². The molecule has 0 radical (unpaired) electrons. The summed E-state index contributed by atoms with van der Waals surface area (Å²) in [4.78, 5) is 13.8. The number of hydrogen-bond acceptors (Lipinski definition) is 3. The highest BCUT2D eigenvalue weighted by Gasteiger charge is 2.23. The normalized spacial score (nSPS) is 18.0. The Morgan fingerprint density at radius 1 is 1.15 bits per heavy atom. The summed E-state index contributed by atoms with van der Waals surface area (Å²) in [5.74, 6) is -0.161. The van der Waals surface area contributed by atoms with Crippen LogP contribution in [0.25, 0.3) is 0 Å². The van der Waals surface area contributed by atoms with Crippen LogP contribution < -0.4 is 11.1 Å². The number of nitrogens with one attached hydrogen (secondary N) is 1. The molecule has 3 rings (SSSR count). The van der Waals surface area contributed by atoms with Crippen molar-refractivity contribution in [2.75, 3.05) is 13.1 Å². The minimum atomic E-state index is -0.163. The van der Waals surface area contributed by atoms with E-state index in [1.165, 1.54) is 22.3 Å². The molecule has 2 aromatic carbocycles. The van der Waals surface area contributed by atoms with Gasteiger partial charge in [-0.2, -0.15) is 0 Å². The van der Waals surface area contributed by atoms with Gasteiger partial charge in [-0.05, 0) is 48.6 Å². The number of aryl methyl sites for hydroxylation is 1. The van der Waals surface area contributed by atoms with Gasteiger partial charge < -0.3 is 11.1 Å². The molecule has 0 bridgehead atoms. The molecular weight excluding hydrogens is 322 g/mol. The number of primary amides is 1. The molecule has 1 amide bonds. The first-order chi connectivity index (χ1) is 12.6. The van der Waals surface area contributed by atoms with Gasteiger partial charge in [-0.15, -0.1) is 0 Å². The van der Waals surface area contributed by atoms with Gasteiger partial charge in [0.2, 0.25) is 5.91 Å². The lowest BCUT2D eigenvalue weighted by Crippen LogP contribution is -2.40. The summed E-state index contributed by atoms with van der Waals surface area (Å²) in [6.07, 6.45) is 1.97. The van der Waals surface area contributed by atoms with E-state index >= 15 is 0 Å². The topological polar surface area (TPSA) is 58.4 Å². The van der Waals surface area contributed by atoms with E-state index in [2.05, 4.69) is 65.7 Å². The third kappa shape index (κ3) is 5.16. The molecule has 1 saturated heterocycles. The number of benzene rings is 2. The number of carbonyl (C=O) groups is 1. The van der Waals surface area contributed by atoms with Crippen LogP contribution in [0.2, 0.25) is 0 Å². The standard InChI is InChI=1S/C22H29N3O/c1-17-6-2-3-9-20(17)14-24-13-18-7-4-8-19(12-18)15-25-11-5-10-21(16-25)22(23)26/h2-4,6-9,12,21,24H,5,10-11,13-16H2,1H3,(H2,23,26)/t21-/m1/s1. The molecule has 0 spiro atoms. The number of nitrogens with two attached hydrogens (primary N) is 1. The molecule has 1 fully saturated rings. The molecule has 3 N–H and O–H groups in total. The molecule has 0 aromatic heterocycles. The lowest BCUT2D eigenvalue weighted by molar-refractivity contribution is -0.123. The number of hydrogen-bond donors (Lipinski definition) is 2. The van der Waals surface area contributed by atoms with Crippen LogP contribution in [0.4, 0.5) is 0 Å². The SMILES string of the molecule is Cc1ccccc1CNCc1cccc(CN2CCC[C@@H](C(N)=O)C2)c1. The number of nitrogens with zero attached hydrogens (tertiary/aromatic N) is 1. The lowest BCUT2D eigenvalue weighted by Gasteiger charge is -2.31. The molecule has 0 unspecified atom stereocenters. The van der Waals surface area contributed by atoms with E-state index in [9.17, 15) is 4.79 Å². The van der Waals surface area contributed by atoms with E-state index in [0.29, 0.717) is 0 Å². The van der Waals surface area contributed by atoms with Crippen molar-refractivity contribution in [2.24, 2.45) is 11.7 Å². The fourth-order valence-corrected chi connectivity index (χ4v) is 3.68. The first-order valence-corrected chi connectivity index (χ1v) is 9.46. The molecule has 0 aliphatic carbocycles. The Kier molecular flexibility index (Phi) is 6.42. The molecule has 4 heteroatoms. The molecule has 1 heterocycles. The second-order valence-electron chi connectivity index (χ2n) is 7.33. The van der Waals surface area contributed by atoms with Crippen molar-refractivity contribution in [3.8, 4) is 0 Å². The van der Waals surface area contributed by atoms with Gasteiger partial charge in [0, 0.05) is 26.2 Å². The zero-order chi connectivity index (χ0) is 18.4. The fourth-order valence-electron chi connectivity index (χ4n) is 3.68. The van der Waals surface area contributed by atoms with Crippen LogP contribution in [-0.4, -0.2) is 23.9 Å². The summed E-state index contributed by atoms with van der Waals surface area (Å²) in [5, 5.41) is 3.54. The Hall–Kier alpha value is -2.17. The van der Waals surface area contributed by atoms with Crippen molar-refractivity contribution in [1.82, 2.24) is 10.2 Å². The largest absolute Gasteiger partial charge is 0.369 e. The van der Waals surface area contributed by atoms with Gasteiger partial charge in [0.1, 0.15) is 0 Å². The maximum atomic E-state index is 11.5. The predicted molar refractivity (Wildman–Crippen MR) is 105 cm³/mol. The summed E-state index contributed by atoms with van der Waals surface area (Å²) in [6, 6.07) is 17.2. The Morgan fingerprint density at radius 3 is 2.77 bits per heavy atom. The fraction of sp³-hybridized carbons (Fsp3) is 0.409. The summed E-state index contributed by atoms with van der Waals surface area (Å²) in [7, 11) is 0. The molecule has 138 valence electrons. The van der Waals surface area contributed by atoms with Crippen molar-refractivity contribution in [2.45, 2.75) is 39.4 Å². The predicted octanol–water partition coefficient (Wildman–Crippen LogP) is 2.98. The Labute approximate surface area is 156 Å². The van der Waals surface area contributed by atoms with Gasteiger partial charge in [-0.1, -0.05) is 48.5 Å². The third-order valence-electron chi connectivity index (χ3n) is 5.21. The molecule has 26 heavy (non-hydrogen) atoms. The molecule has 0 saturated carbocycles. The first kappa shape index (κ1) is 18.6. The first-order valence-electron chi connectivity index (χ1n) is 9.46. The Balaban J connectivity index is 1.53. The minimum Gasteiger partial charge on any atom is -0.369 e. The molecule has 1 aliphatic rings. The summed E-state index contributed by atoms with van der Waals surface area (Å²) < 4.78 is 0. The summed E-state index contributed by atoms with van der Waals surface area (Å²) in [5.41, 5.74) is 10.7. The van der Waals surface area contributed by atoms with E-state index in [1.807, 2.05) is 0 Å². The number of amides is 1. The van der Waals surface area contributed by atoms with Crippen molar-refractivity contribution >= 4 is 5.91 Å². The van der Waals surface area contributed by atoms with E-state index in [4.69, 9.17) is 5.73 Å². The lowest BCUT2D eigenvalue weighted by atomic mass is 9.97. The minimum absolute atomic E-state index is 0.00251. The van der Waals surface area contributed by atoms with Crippen LogP contribution in [0.15, 0.2) is 48.5 Å². The average Bonchev–Trinajstić information content (AvgIpc) is 2.64. The van der Waals surface area contributed by atoms with Gasteiger partial charge >= 0.3 is 0 Å². The summed E-state index contributed by atoms with van der Waals surface area (Å²) in [6.45, 7) is 6.59. The maximum Gasteiger partial charge on any atom is 0.221 e. The zero-order valence-corrected chi connectivity index (χ0v) is 15.6. The monoisotopic (exact) mass is 351 g/mol. The number of carbonyl (C=O) groups excluding carboxylic acids is 1. The summed E-state index contributed by atoms with van der Waals surface area (Å²) >= 11 is 0. The second kappa shape index (κ2) is 8.97. The zero-order valence-electron chi connectivity index (χ0n) is 15.6. The highest BCUT2D eigenvalue weighted by Crippen LogP contribution is 2.19. The second-order valence-corrected chi connectivity index (χ2v) is 7.33. The van der Waals surface area contributed by atoms with Crippen LogP contribution in [-0.2, 0) is 24.4 Å². The van der Waals surface area contributed by atoms with Crippen LogP contribution >= 0.6 is 0 Å². The molecule has 1 atom stereocenters. The average molecular weight is 351 g/mol. The molecule has 4 nitrogen and oxygen atoms in total. The van der Waals surface area contributed by atoms with Crippen molar-refractivity contribution in [1.29, 1.82) is 0 Å². The van der Waals surface area contributed by atoms with Crippen molar-refractivity contribution in [3.63, 3.8) is 0 Å². The smallest absolute Gasteiger partial charge is 0.221 e. The highest BCUT2D eigenvalue weighted by atomic mass is 16.1. The van der Waals surface area contributed by atoms with E-state index in [1.54, 1.807) is 0 Å². The highest BCUT2D eigenvalue weighted by molar-refractivity contribution is 5.76. The number of rotatable bonds is 7. The quantitative estimate of drug-likeness (QED) is 0.806.